The summed E-state index contributed by atoms with van der Waals surface area (Å²) in [5, 5.41) is 20.5. The predicted molar refractivity (Wildman–Crippen MR) is 81.8 cm³/mol. The Labute approximate surface area is 126 Å². The van der Waals surface area contributed by atoms with Crippen LogP contribution in [0.1, 0.15) is 12.8 Å². The highest BCUT2D eigenvalue weighted by Crippen LogP contribution is 2.31. The quantitative estimate of drug-likeness (QED) is 0.749. The van der Waals surface area contributed by atoms with E-state index in [2.05, 4.69) is 25.1 Å². The lowest BCUT2D eigenvalue weighted by Crippen LogP contribution is -2.37. The van der Waals surface area contributed by atoms with E-state index in [4.69, 9.17) is 5.11 Å². The van der Waals surface area contributed by atoms with Gasteiger partial charge in [-0.1, -0.05) is 0 Å². The molecule has 1 aliphatic rings. The maximum Gasteiger partial charge on any atom is 0.306 e. The van der Waals surface area contributed by atoms with Crippen LogP contribution in [0.25, 0.3) is 21.8 Å². The Balaban J connectivity index is 1.79. The Morgan fingerprint density at radius 2 is 2.14 bits per heavy atom. The Kier molecular flexibility index (Phi) is 2.92. The highest BCUT2D eigenvalue weighted by Gasteiger charge is 2.26. The van der Waals surface area contributed by atoms with Crippen LogP contribution in [-0.4, -0.2) is 44.3 Å². The van der Waals surface area contributed by atoms with Gasteiger partial charge in [0.05, 0.1) is 12.1 Å². The third kappa shape index (κ3) is 1.97. The molecule has 3 aromatic heterocycles. The number of aromatic amines is 1. The lowest BCUT2D eigenvalue weighted by Gasteiger charge is -2.31. The summed E-state index contributed by atoms with van der Waals surface area (Å²) in [6.45, 7) is 1.36. The van der Waals surface area contributed by atoms with E-state index in [0.29, 0.717) is 25.9 Å². The minimum absolute atomic E-state index is 0.256. The number of aromatic nitrogens is 4. The standard InChI is InChI=1S/C15H15N5O2/c21-15(22)9-2-5-20(6-3-9)14-12-10(8-18-19-14)7-17-13-11(12)1-4-16-13/h1,4,7-9H,2-3,5-6H2,(H,16,17)(H,21,22). The van der Waals surface area contributed by atoms with Gasteiger partial charge in [-0.3, -0.25) is 4.79 Å². The van der Waals surface area contributed by atoms with Crippen LogP contribution in [0.5, 0.6) is 0 Å². The monoisotopic (exact) mass is 297 g/mol. The fourth-order valence-corrected chi connectivity index (χ4v) is 3.13. The predicted octanol–water partition coefficient (Wildman–Crippen LogP) is 1.81. The van der Waals surface area contributed by atoms with Crippen LogP contribution in [0.2, 0.25) is 0 Å². The molecule has 1 fully saturated rings. The first kappa shape index (κ1) is 13.0. The Morgan fingerprint density at radius 1 is 1.32 bits per heavy atom. The van der Waals surface area contributed by atoms with Crippen molar-refractivity contribution in [1.29, 1.82) is 0 Å². The first-order chi connectivity index (χ1) is 10.7. The molecule has 7 heteroatoms. The van der Waals surface area contributed by atoms with Gasteiger partial charge in [0.15, 0.2) is 5.82 Å². The molecule has 0 unspecified atom stereocenters. The molecule has 0 amide bonds. The topological polar surface area (TPSA) is 95.0 Å². The summed E-state index contributed by atoms with van der Waals surface area (Å²) in [7, 11) is 0. The molecule has 0 spiro atoms. The van der Waals surface area contributed by atoms with Crippen molar-refractivity contribution in [3.8, 4) is 0 Å². The smallest absolute Gasteiger partial charge is 0.306 e. The third-order valence-corrected chi connectivity index (χ3v) is 4.33. The maximum absolute atomic E-state index is 11.1. The van der Waals surface area contributed by atoms with Crippen molar-refractivity contribution in [2.75, 3.05) is 18.0 Å². The zero-order chi connectivity index (χ0) is 15.1. The number of hydrogen-bond donors (Lipinski definition) is 2. The van der Waals surface area contributed by atoms with Crippen molar-refractivity contribution in [2.24, 2.45) is 5.92 Å². The third-order valence-electron chi connectivity index (χ3n) is 4.33. The van der Waals surface area contributed by atoms with Gasteiger partial charge in [0.2, 0.25) is 0 Å². The summed E-state index contributed by atoms with van der Waals surface area (Å²) < 4.78 is 0. The van der Waals surface area contributed by atoms with Crippen LogP contribution >= 0.6 is 0 Å². The number of pyridine rings is 1. The number of carboxylic acid groups (broad SMARTS) is 1. The molecule has 0 bridgehead atoms. The molecule has 22 heavy (non-hydrogen) atoms. The van der Waals surface area contributed by atoms with Gasteiger partial charge in [-0.15, -0.1) is 5.10 Å². The molecule has 7 nitrogen and oxygen atoms in total. The number of nitrogens with zero attached hydrogens (tertiary/aromatic N) is 4. The van der Waals surface area contributed by atoms with Crippen LogP contribution < -0.4 is 4.90 Å². The normalized spacial score (nSPS) is 16.5. The van der Waals surface area contributed by atoms with Crippen LogP contribution in [0.4, 0.5) is 5.82 Å². The van der Waals surface area contributed by atoms with Crippen molar-refractivity contribution in [3.63, 3.8) is 0 Å². The second kappa shape index (κ2) is 4.94. The Hall–Kier alpha value is -2.70. The molecule has 1 saturated heterocycles. The summed E-state index contributed by atoms with van der Waals surface area (Å²) in [6.07, 6.45) is 6.63. The average molecular weight is 297 g/mol. The van der Waals surface area contributed by atoms with Crippen molar-refractivity contribution in [1.82, 2.24) is 20.2 Å². The summed E-state index contributed by atoms with van der Waals surface area (Å²) >= 11 is 0. The number of anilines is 1. The molecule has 0 atom stereocenters. The summed E-state index contributed by atoms with van der Waals surface area (Å²) in [5.41, 5.74) is 0.821. The van der Waals surface area contributed by atoms with Gasteiger partial charge < -0.3 is 15.0 Å². The van der Waals surface area contributed by atoms with E-state index in [-0.39, 0.29) is 5.92 Å². The number of fused-ring (bicyclic) bond motifs is 3. The maximum atomic E-state index is 11.1. The molecule has 2 N–H and O–H groups in total. The zero-order valence-electron chi connectivity index (χ0n) is 11.9. The zero-order valence-corrected chi connectivity index (χ0v) is 11.9. The summed E-state index contributed by atoms with van der Waals surface area (Å²) in [4.78, 5) is 20.7. The van der Waals surface area contributed by atoms with Crippen molar-refractivity contribution >= 4 is 33.6 Å². The summed E-state index contributed by atoms with van der Waals surface area (Å²) in [5.74, 6) is -0.151. The van der Waals surface area contributed by atoms with E-state index in [0.717, 1.165) is 27.6 Å². The molecule has 3 aromatic rings. The van der Waals surface area contributed by atoms with Gasteiger partial charge in [0, 0.05) is 41.6 Å². The number of nitrogens with one attached hydrogen (secondary N) is 1. The molecule has 0 saturated carbocycles. The molecule has 0 aliphatic carbocycles. The lowest BCUT2D eigenvalue weighted by atomic mass is 9.97. The minimum atomic E-state index is -0.708. The van der Waals surface area contributed by atoms with E-state index in [1.807, 2.05) is 12.3 Å². The van der Waals surface area contributed by atoms with Crippen molar-refractivity contribution < 1.29 is 9.90 Å². The molecule has 0 aromatic carbocycles. The number of carboxylic acids is 1. The number of aliphatic carboxylic acids is 1. The van der Waals surface area contributed by atoms with Crippen molar-refractivity contribution in [2.45, 2.75) is 12.8 Å². The van der Waals surface area contributed by atoms with Gasteiger partial charge in [-0.05, 0) is 18.9 Å². The van der Waals surface area contributed by atoms with E-state index < -0.39 is 5.97 Å². The van der Waals surface area contributed by atoms with E-state index in [9.17, 15) is 4.79 Å². The van der Waals surface area contributed by atoms with Crippen LogP contribution in [0, 0.1) is 5.92 Å². The van der Waals surface area contributed by atoms with Crippen LogP contribution in [0.15, 0.2) is 24.7 Å². The number of hydrogen-bond acceptors (Lipinski definition) is 5. The number of piperidine rings is 1. The minimum Gasteiger partial charge on any atom is -0.481 e. The highest BCUT2D eigenvalue weighted by atomic mass is 16.4. The Morgan fingerprint density at radius 3 is 2.91 bits per heavy atom. The molecular formula is C15H15N5O2. The highest BCUT2D eigenvalue weighted by molar-refractivity contribution is 6.09. The number of carbonyl (C=O) groups is 1. The van der Waals surface area contributed by atoms with Gasteiger partial charge in [0.25, 0.3) is 0 Å². The summed E-state index contributed by atoms with van der Waals surface area (Å²) in [6, 6.07) is 1.99. The fourth-order valence-electron chi connectivity index (χ4n) is 3.13. The van der Waals surface area contributed by atoms with E-state index in [1.54, 1.807) is 12.4 Å². The van der Waals surface area contributed by atoms with Crippen molar-refractivity contribution in [3.05, 3.63) is 24.7 Å². The van der Waals surface area contributed by atoms with Gasteiger partial charge in [-0.2, -0.15) is 5.10 Å². The number of rotatable bonds is 2. The molecule has 112 valence electrons. The van der Waals surface area contributed by atoms with Crippen LogP contribution in [0.3, 0.4) is 0 Å². The second-order valence-corrected chi connectivity index (χ2v) is 5.60. The molecular weight excluding hydrogens is 282 g/mol. The largest absolute Gasteiger partial charge is 0.481 e. The van der Waals surface area contributed by atoms with E-state index >= 15 is 0 Å². The second-order valence-electron chi connectivity index (χ2n) is 5.60. The molecule has 1 aliphatic heterocycles. The first-order valence-electron chi connectivity index (χ1n) is 7.29. The van der Waals surface area contributed by atoms with Crippen LogP contribution in [-0.2, 0) is 4.79 Å². The van der Waals surface area contributed by atoms with Gasteiger partial charge in [-0.25, -0.2) is 4.98 Å². The van der Waals surface area contributed by atoms with Gasteiger partial charge in [0.1, 0.15) is 5.65 Å². The first-order valence-corrected chi connectivity index (χ1v) is 7.29. The van der Waals surface area contributed by atoms with Gasteiger partial charge >= 0.3 is 5.97 Å². The fraction of sp³-hybridized carbons (Fsp3) is 0.333. The molecule has 4 heterocycles. The lowest BCUT2D eigenvalue weighted by molar-refractivity contribution is -0.142. The number of H-pyrrole nitrogens is 1. The molecule has 0 radical (unpaired) electrons. The molecule has 4 rings (SSSR count). The SMILES string of the molecule is O=C(O)C1CCN(c2nncc3cnc4[nH]ccc4c23)CC1. The van der Waals surface area contributed by atoms with E-state index in [1.165, 1.54) is 0 Å². The average Bonchev–Trinajstić information content (AvgIpc) is 3.03. The Bertz CT molecular complexity index is 851.